The first-order valence-electron chi connectivity index (χ1n) is 6.51. The number of carbonyl (C=O) groups is 1. The molecule has 0 aromatic carbocycles. The van der Waals surface area contributed by atoms with E-state index in [1.165, 1.54) is 6.92 Å². The molecule has 0 bridgehead atoms. The monoisotopic (exact) mass is 268 g/mol. The number of aromatic nitrogens is 1. The molecule has 5 heteroatoms. The fourth-order valence-corrected chi connectivity index (χ4v) is 1.24. The summed E-state index contributed by atoms with van der Waals surface area (Å²) in [5.74, 6) is 1.09. The molecule has 1 unspecified atom stereocenters. The average molecular weight is 268 g/mol. The molecule has 0 aliphatic rings. The molecule has 5 nitrogen and oxygen atoms in total. The summed E-state index contributed by atoms with van der Waals surface area (Å²) in [7, 11) is 1.87. The summed E-state index contributed by atoms with van der Waals surface area (Å²) in [5.41, 5.74) is 0. The molecule has 1 N–H and O–H groups in total. The lowest BCUT2D eigenvalue weighted by Gasteiger charge is -2.13. The lowest BCUT2D eigenvalue weighted by Crippen LogP contribution is -2.26. The Kier molecular flexibility index (Phi) is 9.44. The molecular formula is C14H24N2O3. The Bertz CT molecular complexity index is 352. The molecule has 0 saturated carbocycles. The zero-order valence-corrected chi connectivity index (χ0v) is 12.4. The van der Waals surface area contributed by atoms with Crippen molar-refractivity contribution in [3.63, 3.8) is 0 Å². The van der Waals surface area contributed by atoms with Crippen molar-refractivity contribution >= 4 is 5.78 Å². The highest BCUT2D eigenvalue weighted by Gasteiger charge is 2.04. The van der Waals surface area contributed by atoms with Crippen LogP contribution in [0.3, 0.4) is 0 Å². The molecule has 1 aromatic rings. The highest BCUT2D eigenvalue weighted by atomic mass is 16.5. The van der Waals surface area contributed by atoms with Crippen molar-refractivity contribution in [1.29, 1.82) is 0 Å². The summed E-state index contributed by atoms with van der Waals surface area (Å²) in [5, 5.41) is 3.02. The predicted molar refractivity (Wildman–Crippen MR) is 75.8 cm³/mol. The maximum Gasteiger partial charge on any atom is 0.213 e. The normalized spacial score (nSPS) is 11.0. The van der Waals surface area contributed by atoms with E-state index in [4.69, 9.17) is 9.47 Å². The number of nitrogens with zero attached hydrogens (tertiary/aromatic N) is 1. The predicted octanol–water partition coefficient (Wildman–Crippen LogP) is 2.06. The van der Waals surface area contributed by atoms with Crippen LogP contribution in [0.4, 0.5) is 0 Å². The molecule has 0 fully saturated rings. The first-order chi connectivity index (χ1) is 9.11. The third kappa shape index (κ3) is 8.15. The molecule has 1 atom stereocenters. The smallest absolute Gasteiger partial charge is 0.213 e. The molecule has 1 aromatic heterocycles. The molecule has 108 valence electrons. The average Bonchev–Trinajstić information content (AvgIpc) is 2.40. The van der Waals surface area contributed by atoms with Gasteiger partial charge in [-0.25, -0.2) is 4.98 Å². The van der Waals surface area contributed by atoms with Gasteiger partial charge in [-0.1, -0.05) is 13.8 Å². The van der Waals surface area contributed by atoms with E-state index >= 15 is 0 Å². The summed E-state index contributed by atoms with van der Waals surface area (Å²) in [6.07, 6.45) is 1.60. The van der Waals surface area contributed by atoms with Crippen molar-refractivity contribution in [2.24, 2.45) is 0 Å². The largest absolute Gasteiger partial charge is 0.484 e. The van der Waals surface area contributed by atoms with Crippen LogP contribution >= 0.6 is 0 Å². The van der Waals surface area contributed by atoms with E-state index in [0.717, 1.165) is 6.54 Å². The highest BCUT2D eigenvalue weighted by Crippen LogP contribution is 2.14. The van der Waals surface area contributed by atoms with Gasteiger partial charge in [0, 0.05) is 12.6 Å². The molecule has 1 heterocycles. The molecule has 19 heavy (non-hydrogen) atoms. The zero-order valence-electron chi connectivity index (χ0n) is 12.4. The Labute approximate surface area is 115 Å². The van der Waals surface area contributed by atoms with E-state index in [1.54, 1.807) is 18.3 Å². The first-order valence-corrected chi connectivity index (χ1v) is 6.51. The number of rotatable bonds is 7. The van der Waals surface area contributed by atoms with Crippen LogP contribution in [-0.2, 0) is 4.79 Å². The van der Waals surface area contributed by atoms with E-state index in [2.05, 4.69) is 10.3 Å². The van der Waals surface area contributed by atoms with Crippen molar-refractivity contribution in [3.8, 4) is 11.6 Å². The molecule has 0 aliphatic carbocycles. The van der Waals surface area contributed by atoms with Crippen LogP contribution in [0.25, 0.3) is 0 Å². The second-order valence-corrected chi connectivity index (χ2v) is 3.81. The Morgan fingerprint density at radius 3 is 2.58 bits per heavy atom. The molecule has 1 rings (SSSR count). The topological polar surface area (TPSA) is 60.5 Å². The van der Waals surface area contributed by atoms with Gasteiger partial charge in [0.1, 0.15) is 18.5 Å². The Hall–Kier alpha value is -1.62. The van der Waals surface area contributed by atoms with Gasteiger partial charge in [0.2, 0.25) is 5.88 Å². The van der Waals surface area contributed by atoms with Crippen LogP contribution in [0.2, 0.25) is 0 Å². The van der Waals surface area contributed by atoms with Gasteiger partial charge in [0.15, 0.2) is 5.78 Å². The van der Waals surface area contributed by atoms with E-state index in [9.17, 15) is 4.79 Å². The summed E-state index contributed by atoms with van der Waals surface area (Å²) >= 11 is 0. The standard InChI is InChI=1S/C12H18N2O3.C2H6/c1-9(15)8-16-11-4-5-12(14-7-11)17-10(2)6-13-3;1-2/h4-5,7,10,13H,6,8H2,1-3H3;1-2H3. The van der Waals surface area contributed by atoms with Gasteiger partial charge in [-0.05, 0) is 27.0 Å². The Morgan fingerprint density at radius 1 is 1.42 bits per heavy atom. The van der Waals surface area contributed by atoms with Gasteiger partial charge < -0.3 is 14.8 Å². The van der Waals surface area contributed by atoms with E-state index in [0.29, 0.717) is 11.6 Å². The fraction of sp³-hybridized carbons (Fsp3) is 0.571. The van der Waals surface area contributed by atoms with Gasteiger partial charge in [-0.3, -0.25) is 4.79 Å². The van der Waals surface area contributed by atoms with Gasteiger partial charge in [0.05, 0.1) is 6.20 Å². The van der Waals surface area contributed by atoms with Crippen LogP contribution in [0, 0.1) is 0 Å². The number of pyridine rings is 1. The minimum Gasteiger partial charge on any atom is -0.484 e. The van der Waals surface area contributed by atoms with Crippen molar-refractivity contribution in [2.45, 2.75) is 33.8 Å². The molecule has 0 spiro atoms. The third-order valence-electron chi connectivity index (χ3n) is 1.96. The molecular weight excluding hydrogens is 244 g/mol. The zero-order chi connectivity index (χ0) is 14.7. The third-order valence-corrected chi connectivity index (χ3v) is 1.96. The molecule has 0 saturated heterocycles. The lowest BCUT2D eigenvalue weighted by atomic mass is 10.4. The number of nitrogens with one attached hydrogen (secondary N) is 1. The maximum absolute atomic E-state index is 10.7. The number of likely N-dealkylation sites (N-methyl/N-ethyl adjacent to an activating group) is 1. The number of carbonyl (C=O) groups excluding carboxylic acids is 1. The van der Waals surface area contributed by atoms with Crippen molar-refractivity contribution in [2.75, 3.05) is 20.2 Å². The summed E-state index contributed by atoms with van der Waals surface area (Å²) < 4.78 is 10.7. The number of Topliss-reactive ketones (excluding diaryl/α,β-unsaturated/α-hetero) is 1. The van der Waals surface area contributed by atoms with Gasteiger partial charge in [-0.15, -0.1) is 0 Å². The van der Waals surface area contributed by atoms with Crippen molar-refractivity contribution in [1.82, 2.24) is 10.3 Å². The van der Waals surface area contributed by atoms with Crippen LogP contribution < -0.4 is 14.8 Å². The van der Waals surface area contributed by atoms with Crippen LogP contribution in [0.15, 0.2) is 18.3 Å². The summed E-state index contributed by atoms with van der Waals surface area (Å²) in [6, 6.07) is 3.46. The number of ether oxygens (including phenoxy) is 2. The quantitative estimate of drug-likeness (QED) is 0.820. The SMILES string of the molecule is CC.CNCC(C)Oc1ccc(OCC(C)=O)cn1. The van der Waals surface area contributed by atoms with E-state index < -0.39 is 0 Å². The first kappa shape index (κ1) is 17.4. The number of ketones is 1. The summed E-state index contributed by atoms with van der Waals surface area (Å²) in [6.45, 7) is 8.25. The van der Waals surface area contributed by atoms with E-state index in [-0.39, 0.29) is 18.5 Å². The Morgan fingerprint density at radius 2 is 2.11 bits per heavy atom. The van der Waals surface area contributed by atoms with Gasteiger partial charge in [-0.2, -0.15) is 0 Å². The van der Waals surface area contributed by atoms with Gasteiger partial charge in [0.25, 0.3) is 0 Å². The minimum absolute atomic E-state index is 0.0204. The van der Waals surface area contributed by atoms with Crippen molar-refractivity contribution in [3.05, 3.63) is 18.3 Å². The number of hydrogen-bond acceptors (Lipinski definition) is 5. The van der Waals surface area contributed by atoms with Crippen molar-refractivity contribution < 1.29 is 14.3 Å². The lowest BCUT2D eigenvalue weighted by molar-refractivity contribution is -0.118. The minimum atomic E-state index is -0.0204. The van der Waals surface area contributed by atoms with Crippen LogP contribution in [0.5, 0.6) is 11.6 Å². The fourth-order valence-electron chi connectivity index (χ4n) is 1.24. The molecule has 0 amide bonds. The highest BCUT2D eigenvalue weighted by molar-refractivity contribution is 5.77. The van der Waals surface area contributed by atoms with E-state index in [1.807, 2.05) is 27.8 Å². The number of hydrogen-bond donors (Lipinski definition) is 1. The second-order valence-electron chi connectivity index (χ2n) is 3.81. The summed E-state index contributed by atoms with van der Waals surface area (Å²) in [4.78, 5) is 14.8. The maximum atomic E-state index is 10.7. The second kappa shape index (κ2) is 10.3. The van der Waals surface area contributed by atoms with Gasteiger partial charge >= 0.3 is 0 Å². The Balaban J connectivity index is 0.00000154. The molecule has 0 aliphatic heterocycles. The van der Waals surface area contributed by atoms with Crippen LogP contribution in [-0.4, -0.2) is 37.1 Å². The molecule has 0 radical (unpaired) electrons. The van der Waals surface area contributed by atoms with Crippen LogP contribution in [0.1, 0.15) is 27.7 Å².